The Labute approximate surface area is 121 Å². The number of rotatable bonds is 3. The third-order valence-corrected chi connectivity index (χ3v) is 3.61. The average Bonchev–Trinajstić information content (AvgIpc) is 2.95. The lowest BCUT2D eigenvalue weighted by atomic mass is 10.1. The van der Waals surface area contributed by atoms with Crippen LogP contribution < -0.4 is 10.6 Å². The van der Waals surface area contributed by atoms with Crippen LogP contribution in [0.25, 0.3) is 0 Å². The van der Waals surface area contributed by atoms with Crippen LogP contribution in [0.15, 0.2) is 24.3 Å². The molecule has 0 bridgehead atoms. The molecule has 1 atom stereocenters. The molecule has 0 radical (unpaired) electrons. The lowest BCUT2D eigenvalue weighted by molar-refractivity contribution is -0.121. The van der Waals surface area contributed by atoms with Gasteiger partial charge in [0.25, 0.3) is 0 Å². The zero-order valence-electron chi connectivity index (χ0n) is 11.7. The molecule has 0 aromatic heterocycles. The van der Waals surface area contributed by atoms with Crippen LogP contribution in [-0.2, 0) is 4.79 Å². The number of likely N-dealkylation sites (tertiary alicyclic amines) is 1. The van der Waals surface area contributed by atoms with Crippen LogP contribution in [0.5, 0.6) is 0 Å². The molecule has 7 nitrogen and oxygen atoms in total. The smallest absolute Gasteiger partial charge is 0.337 e. The maximum absolute atomic E-state index is 12.5. The van der Waals surface area contributed by atoms with Gasteiger partial charge in [-0.25, -0.2) is 9.59 Å². The highest BCUT2D eigenvalue weighted by molar-refractivity contribution is 6.02. The molecule has 3 N–H and O–H groups in total. The van der Waals surface area contributed by atoms with Gasteiger partial charge in [0.2, 0.25) is 5.91 Å². The monoisotopic (exact) mass is 291 g/mol. The van der Waals surface area contributed by atoms with E-state index in [1.165, 1.54) is 22.9 Å². The molecule has 1 saturated heterocycles. The number of primary amides is 1. The first-order valence-corrected chi connectivity index (χ1v) is 6.59. The predicted molar refractivity (Wildman–Crippen MR) is 76.1 cm³/mol. The first-order valence-electron chi connectivity index (χ1n) is 6.59. The first-order chi connectivity index (χ1) is 9.93. The number of carbonyl (C=O) groups excluding carboxylic acids is 2. The van der Waals surface area contributed by atoms with E-state index in [0.29, 0.717) is 19.4 Å². The number of carboxylic acid groups (broad SMARTS) is 1. The van der Waals surface area contributed by atoms with Gasteiger partial charge in [-0.2, -0.15) is 0 Å². The van der Waals surface area contributed by atoms with E-state index in [4.69, 9.17) is 5.73 Å². The summed E-state index contributed by atoms with van der Waals surface area (Å²) >= 11 is 0. The van der Waals surface area contributed by atoms with Crippen LogP contribution in [0.1, 0.15) is 23.2 Å². The van der Waals surface area contributed by atoms with Gasteiger partial charge in [-0.1, -0.05) is 12.1 Å². The standard InChI is InChI=1S/C14H17N3O4/c1-16(10-6-3-2-5-9(10)13(19)20)14(21)17-8-4-7-11(17)12(15)18/h2-3,5-6,11H,4,7-8H2,1H3,(H2,15,18)(H,19,20). The highest BCUT2D eigenvalue weighted by atomic mass is 16.4. The fraction of sp³-hybridized carbons (Fsp3) is 0.357. The van der Waals surface area contributed by atoms with Crippen molar-refractivity contribution in [3.63, 3.8) is 0 Å². The van der Waals surface area contributed by atoms with E-state index < -0.39 is 23.9 Å². The Hall–Kier alpha value is -2.57. The topological polar surface area (TPSA) is 104 Å². The van der Waals surface area contributed by atoms with Gasteiger partial charge >= 0.3 is 12.0 Å². The quantitative estimate of drug-likeness (QED) is 0.863. The lowest BCUT2D eigenvalue weighted by Gasteiger charge is -2.28. The molecule has 112 valence electrons. The highest BCUT2D eigenvalue weighted by Crippen LogP contribution is 2.24. The van der Waals surface area contributed by atoms with Crippen molar-refractivity contribution in [3.8, 4) is 0 Å². The number of carboxylic acids is 1. The minimum Gasteiger partial charge on any atom is -0.478 e. The van der Waals surface area contributed by atoms with Gasteiger partial charge in [0.05, 0.1) is 11.3 Å². The number of para-hydroxylation sites is 1. The number of anilines is 1. The Kier molecular flexibility index (Phi) is 4.11. The van der Waals surface area contributed by atoms with Crippen LogP contribution in [0.2, 0.25) is 0 Å². The minimum atomic E-state index is -1.11. The Morgan fingerprint density at radius 1 is 1.33 bits per heavy atom. The number of nitrogens with two attached hydrogens (primary N) is 1. The van der Waals surface area contributed by atoms with E-state index in [-0.39, 0.29) is 11.3 Å². The van der Waals surface area contributed by atoms with Crippen LogP contribution in [-0.4, -0.2) is 47.5 Å². The van der Waals surface area contributed by atoms with Crippen molar-refractivity contribution in [2.24, 2.45) is 5.73 Å². The van der Waals surface area contributed by atoms with E-state index in [1.807, 2.05) is 0 Å². The zero-order valence-corrected chi connectivity index (χ0v) is 11.7. The summed E-state index contributed by atoms with van der Waals surface area (Å²) in [7, 11) is 1.49. The number of nitrogens with zero attached hydrogens (tertiary/aromatic N) is 2. The van der Waals surface area contributed by atoms with Crippen molar-refractivity contribution >= 4 is 23.6 Å². The molecule has 1 fully saturated rings. The maximum Gasteiger partial charge on any atom is 0.337 e. The summed E-state index contributed by atoms with van der Waals surface area (Å²) in [5, 5.41) is 9.18. The Morgan fingerprint density at radius 2 is 2.00 bits per heavy atom. The second-order valence-corrected chi connectivity index (χ2v) is 4.92. The summed E-state index contributed by atoms with van der Waals surface area (Å²) in [5.74, 6) is -1.65. The van der Waals surface area contributed by atoms with Crippen molar-refractivity contribution in [2.75, 3.05) is 18.5 Å². The van der Waals surface area contributed by atoms with Gasteiger partial charge in [0.15, 0.2) is 0 Å². The molecular formula is C14H17N3O4. The molecule has 1 unspecified atom stereocenters. The number of carbonyl (C=O) groups is 3. The van der Waals surface area contributed by atoms with Crippen LogP contribution in [0.4, 0.5) is 10.5 Å². The third-order valence-electron chi connectivity index (χ3n) is 3.61. The van der Waals surface area contributed by atoms with Gasteiger partial charge < -0.3 is 15.7 Å². The molecule has 1 aliphatic heterocycles. The summed E-state index contributed by atoms with van der Waals surface area (Å²) in [6, 6.07) is 5.17. The predicted octanol–water partition coefficient (Wildman–Crippen LogP) is 0.891. The fourth-order valence-corrected chi connectivity index (χ4v) is 2.53. The van der Waals surface area contributed by atoms with Gasteiger partial charge in [-0.3, -0.25) is 9.69 Å². The van der Waals surface area contributed by atoms with Gasteiger partial charge in [0.1, 0.15) is 6.04 Å². The molecule has 0 aliphatic carbocycles. The molecule has 1 aliphatic rings. The Balaban J connectivity index is 2.28. The minimum absolute atomic E-state index is 0.0307. The number of hydrogen-bond acceptors (Lipinski definition) is 3. The second kappa shape index (κ2) is 5.82. The molecule has 1 heterocycles. The number of amides is 3. The first kappa shape index (κ1) is 14.8. The number of hydrogen-bond donors (Lipinski definition) is 2. The Bertz CT molecular complexity index is 587. The van der Waals surface area contributed by atoms with Crippen LogP contribution in [0, 0.1) is 0 Å². The highest BCUT2D eigenvalue weighted by Gasteiger charge is 2.35. The molecule has 0 saturated carbocycles. The van der Waals surface area contributed by atoms with Gasteiger partial charge in [-0.05, 0) is 25.0 Å². The van der Waals surface area contributed by atoms with Gasteiger partial charge in [-0.15, -0.1) is 0 Å². The summed E-state index contributed by atoms with van der Waals surface area (Å²) in [5.41, 5.74) is 5.61. The van der Waals surface area contributed by atoms with Crippen molar-refractivity contribution in [2.45, 2.75) is 18.9 Å². The number of urea groups is 1. The molecule has 1 aromatic carbocycles. The summed E-state index contributed by atoms with van der Waals surface area (Å²) in [4.78, 5) is 37.7. The normalized spacial score (nSPS) is 17.6. The lowest BCUT2D eigenvalue weighted by Crippen LogP contribution is -2.49. The molecular weight excluding hydrogens is 274 g/mol. The third kappa shape index (κ3) is 2.81. The number of aromatic carboxylic acids is 1. The molecule has 1 aromatic rings. The van der Waals surface area contributed by atoms with Gasteiger partial charge in [0, 0.05) is 13.6 Å². The molecule has 0 spiro atoms. The average molecular weight is 291 g/mol. The number of benzene rings is 1. The van der Waals surface area contributed by atoms with E-state index in [1.54, 1.807) is 18.2 Å². The van der Waals surface area contributed by atoms with Crippen molar-refractivity contribution in [1.29, 1.82) is 0 Å². The summed E-state index contributed by atoms with van der Waals surface area (Å²) in [6.45, 7) is 0.437. The SMILES string of the molecule is CN(C(=O)N1CCCC1C(N)=O)c1ccccc1C(=O)O. The van der Waals surface area contributed by atoms with E-state index >= 15 is 0 Å². The van der Waals surface area contributed by atoms with Crippen molar-refractivity contribution in [3.05, 3.63) is 29.8 Å². The molecule has 7 heteroatoms. The van der Waals surface area contributed by atoms with Crippen molar-refractivity contribution < 1.29 is 19.5 Å². The zero-order chi connectivity index (χ0) is 15.6. The second-order valence-electron chi connectivity index (χ2n) is 4.92. The van der Waals surface area contributed by atoms with E-state index in [0.717, 1.165) is 0 Å². The molecule has 2 rings (SSSR count). The van der Waals surface area contributed by atoms with Crippen LogP contribution in [0.3, 0.4) is 0 Å². The maximum atomic E-state index is 12.5. The largest absolute Gasteiger partial charge is 0.478 e. The summed E-state index contributed by atoms with van der Waals surface area (Å²) in [6.07, 6.45) is 1.24. The van der Waals surface area contributed by atoms with E-state index in [9.17, 15) is 19.5 Å². The summed E-state index contributed by atoms with van der Waals surface area (Å²) < 4.78 is 0. The van der Waals surface area contributed by atoms with Crippen LogP contribution >= 0.6 is 0 Å². The Morgan fingerprint density at radius 3 is 2.62 bits per heavy atom. The molecule has 21 heavy (non-hydrogen) atoms. The van der Waals surface area contributed by atoms with E-state index in [2.05, 4.69) is 0 Å². The fourth-order valence-electron chi connectivity index (χ4n) is 2.53. The van der Waals surface area contributed by atoms with Crippen molar-refractivity contribution in [1.82, 2.24) is 4.90 Å². The molecule has 3 amide bonds.